The van der Waals surface area contributed by atoms with Gasteiger partial charge < -0.3 is 5.73 Å². The number of benzene rings is 1. The van der Waals surface area contributed by atoms with Crippen LogP contribution >= 0.6 is 0 Å². The summed E-state index contributed by atoms with van der Waals surface area (Å²) in [5.41, 5.74) is 7.34. The summed E-state index contributed by atoms with van der Waals surface area (Å²) in [7, 11) is 0. The second kappa shape index (κ2) is 4.09. The van der Waals surface area contributed by atoms with Crippen LogP contribution in [0.5, 0.6) is 0 Å². The first-order valence-electron chi connectivity index (χ1n) is 6.33. The maximum atomic E-state index is 13.3. The zero-order chi connectivity index (χ0) is 12.7. The van der Waals surface area contributed by atoms with E-state index in [0.29, 0.717) is 17.9 Å². The van der Waals surface area contributed by atoms with Crippen molar-refractivity contribution in [2.24, 2.45) is 17.1 Å². The van der Waals surface area contributed by atoms with Crippen LogP contribution in [-0.4, -0.2) is 6.54 Å². The Labute approximate surface area is 103 Å². The average molecular weight is 235 g/mol. The van der Waals surface area contributed by atoms with E-state index in [9.17, 15) is 4.39 Å². The van der Waals surface area contributed by atoms with Gasteiger partial charge in [0.25, 0.3) is 0 Å². The van der Waals surface area contributed by atoms with Gasteiger partial charge in [0.15, 0.2) is 0 Å². The maximum Gasteiger partial charge on any atom is 0.123 e. The highest BCUT2D eigenvalue weighted by Gasteiger charge is 2.48. The fourth-order valence-corrected chi connectivity index (χ4v) is 2.83. The topological polar surface area (TPSA) is 26.0 Å². The SMILES string of the molecule is CC(C)(C)C1CC(CN)(c2cccc(F)c2)C1. The first-order valence-corrected chi connectivity index (χ1v) is 6.33. The highest BCUT2D eigenvalue weighted by Crippen LogP contribution is 2.53. The summed E-state index contributed by atoms with van der Waals surface area (Å²) < 4.78 is 13.3. The van der Waals surface area contributed by atoms with Crippen LogP contribution in [0.25, 0.3) is 0 Å². The molecule has 2 N–H and O–H groups in total. The van der Waals surface area contributed by atoms with E-state index in [1.54, 1.807) is 12.1 Å². The summed E-state index contributed by atoms with van der Waals surface area (Å²) in [6.07, 6.45) is 2.16. The summed E-state index contributed by atoms with van der Waals surface area (Å²) in [6.45, 7) is 7.42. The Morgan fingerprint density at radius 3 is 2.47 bits per heavy atom. The third-order valence-electron chi connectivity index (χ3n) is 4.33. The first-order chi connectivity index (χ1) is 7.87. The fourth-order valence-electron chi connectivity index (χ4n) is 2.83. The number of hydrogen-bond acceptors (Lipinski definition) is 1. The highest BCUT2D eigenvalue weighted by atomic mass is 19.1. The van der Waals surface area contributed by atoms with Gasteiger partial charge in [0.05, 0.1) is 0 Å². The van der Waals surface area contributed by atoms with E-state index in [0.717, 1.165) is 18.4 Å². The molecule has 0 heterocycles. The van der Waals surface area contributed by atoms with Gasteiger partial charge in [0, 0.05) is 12.0 Å². The van der Waals surface area contributed by atoms with Crippen molar-refractivity contribution in [2.45, 2.75) is 39.0 Å². The highest BCUT2D eigenvalue weighted by molar-refractivity contribution is 5.30. The smallest absolute Gasteiger partial charge is 0.123 e. The molecule has 0 spiro atoms. The van der Waals surface area contributed by atoms with Crippen LogP contribution in [0, 0.1) is 17.2 Å². The number of rotatable bonds is 2. The first kappa shape index (κ1) is 12.6. The van der Waals surface area contributed by atoms with E-state index in [4.69, 9.17) is 5.73 Å². The molecule has 1 aromatic rings. The standard InChI is InChI=1S/C15H22FN/c1-14(2,3)12-8-15(9-12,10-17)11-5-4-6-13(16)7-11/h4-7,12H,8-10,17H2,1-3H3. The monoisotopic (exact) mass is 235 g/mol. The molecule has 2 heteroatoms. The Morgan fingerprint density at radius 2 is 2.00 bits per heavy atom. The van der Waals surface area contributed by atoms with Crippen molar-refractivity contribution < 1.29 is 4.39 Å². The molecule has 0 aliphatic heterocycles. The van der Waals surface area contributed by atoms with Crippen molar-refractivity contribution in [3.05, 3.63) is 35.6 Å². The molecule has 0 radical (unpaired) electrons. The average Bonchev–Trinajstić information content (AvgIpc) is 2.15. The minimum absolute atomic E-state index is 0.0139. The lowest BCUT2D eigenvalue weighted by atomic mass is 9.52. The third kappa shape index (κ3) is 2.23. The number of halogens is 1. The largest absolute Gasteiger partial charge is 0.330 e. The van der Waals surface area contributed by atoms with Gasteiger partial charge in [-0.2, -0.15) is 0 Å². The van der Waals surface area contributed by atoms with Crippen molar-refractivity contribution in [2.75, 3.05) is 6.54 Å². The van der Waals surface area contributed by atoms with Crippen LogP contribution < -0.4 is 5.73 Å². The summed E-state index contributed by atoms with van der Waals surface area (Å²) in [4.78, 5) is 0. The minimum atomic E-state index is -0.158. The zero-order valence-corrected chi connectivity index (χ0v) is 11.0. The van der Waals surface area contributed by atoms with Gasteiger partial charge >= 0.3 is 0 Å². The molecule has 1 aliphatic carbocycles. The molecule has 0 bridgehead atoms. The van der Waals surface area contributed by atoms with Gasteiger partial charge in [-0.3, -0.25) is 0 Å². The predicted octanol–water partition coefficient (Wildman–Crippen LogP) is 3.48. The van der Waals surface area contributed by atoms with Crippen molar-refractivity contribution in [3.63, 3.8) is 0 Å². The molecular weight excluding hydrogens is 213 g/mol. The van der Waals surface area contributed by atoms with Crippen LogP contribution in [0.3, 0.4) is 0 Å². The molecule has 0 saturated heterocycles. The summed E-state index contributed by atoms with van der Waals surface area (Å²) in [5, 5.41) is 0. The van der Waals surface area contributed by atoms with Crippen molar-refractivity contribution in [1.82, 2.24) is 0 Å². The van der Waals surface area contributed by atoms with E-state index in [1.165, 1.54) is 6.07 Å². The Bertz CT molecular complexity index is 400. The molecule has 0 atom stereocenters. The van der Waals surface area contributed by atoms with E-state index >= 15 is 0 Å². The quantitative estimate of drug-likeness (QED) is 0.834. The molecule has 1 fully saturated rings. The van der Waals surface area contributed by atoms with Crippen molar-refractivity contribution in [3.8, 4) is 0 Å². The lowest BCUT2D eigenvalue weighted by molar-refractivity contribution is 0.0502. The molecule has 2 rings (SSSR count). The lowest BCUT2D eigenvalue weighted by Crippen LogP contribution is -2.50. The molecule has 1 aliphatic rings. The maximum absolute atomic E-state index is 13.3. The van der Waals surface area contributed by atoms with Gasteiger partial charge in [0.1, 0.15) is 5.82 Å². The Balaban J connectivity index is 2.20. The summed E-state index contributed by atoms with van der Waals surface area (Å²) in [5.74, 6) is 0.531. The van der Waals surface area contributed by atoms with E-state index in [1.807, 2.05) is 6.07 Å². The molecule has 17 heavy (non-hydrogen) atoms. The second-order valence-corrected chi connectivity index (χ2v) is 6.47. The Kier molecular flexibility index (Phi) is 3.03. The van der Waals surface area contributed by atoms with Gasteiger partial charge in [-0.1, -0.05) is 32.9 Å². The Morgan fingerprint density at radius 1 is 1.35 bits per heavy atom. The van der Waals surface area contributed by atoms with Crippen LogP contribution in [-0.2, 0) is 5.41 Å². The van der Waals surface area contributed by atoms with Crippen LogP contribution in [0.15, 0.2) is 24.3 Å². The normalized spacial score (nSPS) is 28.9. The number of nitrogens with two attached hydrogens (primary N) is 1. The van der Waals surface area contributed by atoms with Crippen molar-refractivity contribution in [1.29, 1.82) is 0 Å². The molecule has 1 aromatic carbocycles. The molecule has 94 valence electrons. The fraction of sp³-hybridized carbons (Fsp3) is 0.600. The molecular formula is C15H22FN. The number of hydrogen-bond donors (Lipinski definition) is 1. The van der Waals surface area contributed by atoms with Gasteiger partial charge in [0.2, 0.25) is 0 Å². The van der Waals surface area contributed by atoms with Crippen LogP contribution in [0.1, 0.15) is 39.2 Å². The molecule has 1 nitrogen and oxygen atoms in total. The van der Waals surface area contributed by atoms with Crippen LogP contribution in [0.4, 0.5) is 4.39 Å². The third-order valence-corrected chi connectivity index (χ3v) is 4.33. The predicted molar refractivity (Wildman–Crippen MR) is 69.3 cm³/mol. The van der Waals surface area contributed by atoms with Gasteiger partial charge in [-0.15, -0.1) is 0 Å². The molecule has 1 saturated carbocycles. The second-order valence-electron chi connectivity index (χ2n) is 6.47. The summed E-state index contributed by atoms with van der Waals surface area (Å²) >= 11 is 0. The van der Waals surface area contributed by atoms with E-state index in [-0.39, 0.29) is 11.2 Å². The summed E-state index contributed by atoms with van der Waals surface area (Å²) in [6, 6.07) is 6.93. The van der Waals surface area contributed by atoms with Crippen molar-refractivity contribution >= 4 is 0 Å². The molecule has 0 aromatic heterocycles. The van der Waals surface area contributed by atoms with E-state index in [2.05, 4.69) is 20.8 Å². The van der Waals surface area contributed by atoms with Gasteiger partial charge in [-0.25, -0.2) is 4.39 Å². The van der Waals surface area contributed by atoms with E-state index < -0.39 is 0 Å². The minimum Gasteiger partial charge on any atom is -0.330 e. The van der Waals surface area contributed by atoms with Gasteiger partial charge in [-0.05, 0) is 41.9 Å². The Hall–Kier alpha value is -0.890. The zero-order valence-electron chi connectivity index (χ0n) is 11.0. The molecule has 0 amide bonds. The van der Waals surface area contributed by atoms with Crippen LogP contribution in [0.2, 0.25) is 0 Å². The molecule has 0 unspecified atom stereocenters. The lowest BCUT2D eigenvalue weighted by Gasteiger charge is -2.53.